The van der Waals surface area contributed by atoms with Crippen LogP contribution in [0.1, 0.15) is 47.0 Å². The first-order valence-corrected chi connectivity index (χ1v) is 6.75. The molecule has 1 atom stereocenters. The summed E-state index contributed by atoms with van der Waals surface area (Å²) in [5.41, 5.74) is 5.57. The van der Waals surface area contributed by atoms with E-state index in [9.17, 15) is 4.79 Å². The molecule has 0 bridgehead atoms. The molecule has 0 aromatic rings. The van der Waals surface area contributed by atoms with Gasteiger partial charge in [-0.2, -0.15) is 0 Å². The van der Waals surface area contributed by atoms with Crippen LogP contribution in [-0.2, 0) is 9.47 Å². The number of nitrogens with two attached hydrogens (primary N) is 1. The fourth-order valence-electron chi connectivity index (χ4n) is 1.38. The number of rotatable bonds is 7. The molecular formula is C12H24N2O3S. The van der Waals surface area contributed by atoms with E-state index in [0.717, 1.165) is 12.8 Å². The number of thiocarbonyl (C=S) groups is 1. The Balaban J connectivity index is 4.60. The molecule has 0 rings (SSSR count). The minimum Gasteiger partial charge on any atom is -0.449 e. The maximum Gasteiger partial charge on any atom is 0.418 e. The number of hydrogen-bond acceptors (Lipinski definition) is 4. The highest BCUT2D eigenvalue weighted by Crippen LogP contribution is 2.11. The lowest BCUT2D eigenvalue weighted by molar-refractivity contribution is -0.0565. The van der Waals surface area contributed by atoms with E-state index in [1.807, 2.05) is 27.7 Å². The highest BCUT2D eigenvalue weighted by molar-refractivity contribution is 7.80. The van der Waals surface area contributed by atoms with Crippen LogP contribution in [0.5, 0.6) is 0 Å². The summed E-state index contributed by atoms with van der Waals surface area (Å²) in [7, 11) is 0. The Morgan fingerprint density at radius 3 is 2.39 bits per heavy atom. The molecule has 0 aromatic carbocycles. The molecule has 1 unspecified atom stereocenters. The van der Waals surface area contributed by atoms with Crippen molar-refractivity contribution in [2.24, 2.45) is 5.73 Å². The third kappa shape index (κ3) is 6.16. The van der Waals surface area contributed by atoms with E-state index >= 15 is 0 Å². The normalized spacial score (nSPS) is 12.3. The van der Waals surface area contributed by atoms with E-state index in [1.54, 1.807) is 0 Å². The molecule has 18 heavy (non-hydrogen) atoms. The molecule has 6 heteroatoms. The molecule has 0 spiro atoms. The average molecular weight is 276 g/mol. The smallest absolute Gasteiger partial charge is 0.418 e. The first-order chi connectivity index (χ1) is 8.43. The van der Waals surface area contributed by atoms with Crippen molar-refractivity contribution in [1.29, 1.82) is 0 Å². The molecule has 0 aliphatic heterocycles. The Morgan fingerprint density at radius 2 is 2.00 bits per heavy atom. The Hall–Kier alpha value is -0.880. The summed E-state index contributed by atoms with van der Waals surface area (Å²) >= 11 is 4.89. The summed E-state index contributed by atoms with van der Waals surface area (Å²) < 4.78 is 10.7. The molecule has 1 amide bonds. The van der Waals surface area contributed by atoms with Gasteiger partial charge >= 0.3 is 6.09 Å². The number of ether oxygens (including phenoxy) is 2. The average Bonchev–Trinajstić information content (AvgIpc) is 2.27. The van der Waals surface area contributed by atoms with Crippen molar-refractivity contribution in [2.75, 3.05) is 6.61 Å². The van der Waals surface area contributed by atoms with Gasteiger partial charge in [0.2, 0.25) is 0 Å². The van der Waals surface area contributed by atoms with Crippen molar-refractivity contribution in [3.63, 3.8) is 0 Å². The van der Waals surface area contributed by atoms with Crippen molar-refractivity contribution in [1.82, 2.24) is 4.90 Å². The molecule has 0 saturated heterocycles. The Labute approximate surface area is 115 Å². The van der Waals surface area contributed by atoms with Gasteiger partial charge in [0.25, 0.3) is 0 Å². The molecule has 0 aliphatic rings. The molecule has 2 N–H and O–H groups in total. The zero-order valence-corrected chi connectivity index (χ0v) is 12.5. The number of carbonyl (C=O) groups is 1. The number of carbonyl (C=O) groups excluding carboxylic acids is 1. The van der Waals surface area contributed by atoms with Gasteiger partial charge in [-0.25, -0.2) is 9.69 Å². The Kier molecular flexibility index (Phi) is 8.66. The minimum atomic E-state index is -0.538. The summed E-state index contributed by atoms with van der Waals surface area (Å²) in [6.07, 6.45) is 1.34. The van der Waals surface area contributed by atoms with E-state index in [0.29, 0.717) is 13.0 Å². The summed E-state index contributed by atoms with van der Waals surface area (Å²) in [6.45, 7) is 8.08. The van der Waals surface area contributed by atoms with E-state index in [-0.39, 0.29) is 11.2 Å². The zero-order chi connectivity index (χ0) is 14.1. The molecule has 0 heterocycles. The summed E-state index contributed by atoms with van der Waals surface area (Å²) in [6, 6.07) is 0. The van der Waals surface area contributed by atoms with Gasteiger partial charge in [-0.1, -0.05) is 20.3 Å². The van der Waals surface area contributed by atoms with Crippen LogP contribution in [0.3, 0.4) is 0 Å². The van der Waals surface area contributed by atoms with Gasteiger partial charge in [0, 0.05) is 0 Å². The molecule has 0 saturated carbocycles. The van der Waals surface area contributed by atoms with Crippen molar-refractivity contribution in [2.45, 2.75) is 59.3 Å². The third-order valence-electron chi connectivity index (χ3n) is 2.22. The monoisotopic (exact) mass is 276 g/mol. The van der Waals surface area contributed by atoms with Gasteiger partial charge < -0.3 is 15.2 Å². The van der Waals surface area contributed by atoms with Crippen molar-refractivity contribution in [3.05, 3.63) is 0 Å². The molecule has 0 radical (unpaired) electrons. The molecule has 106 valence electrons. The maximum atomic E-state index is 11.9. The summed E-state index contributed by atoms with van der Waals surface area (Å²) in [5, 5.41) is -0.0241. The van der Waals surface area contributed by atoms with Gasteiger partial charge in [0.1, 0.15) is 6.23 Å². The van der Waals surface area contributed by atoms with E-state index in [4.69, 9.17) is 27.4 Å². The highest BCUT2D eigenvalue weighted by atomic mass is 32.1. The van der Waals surface area contributed by atoms with Crippen LogP contribution in [0.2, 0.25) is 0 Å². The Bertz CT molecular complexity index is 272. The fraction of sp³-hybridized carbons (Fsp3) is 0.833. The predicted molar refractivity (Wildman–Crippen MR) is 75.2 cm³/mol. The molecule has 0 aliphatic carbocycles. The first kappa shape index (κ1) is 17.1. The van der Waals surface area contributed by atoms with Crippen molar-refractivity contribution < 1.29 is 14.3 Å². The second-order valence-corrected chi connectivity index (χ2v) is 4.64. The quantitative estimate of drug-likeness (QED) is 0.440. The van der Waals surface area contributed by atoms with Gasteiger partial charge in [0.05, 0.1) is 12.7 Å². The van der Waals surface area contributed by atoms with Crippen LogP contribution < -0.4 is 5.73 Å². The molecular weight excluding hydrogens is 252 g/mol. The van der Waals surface area contributed by atoms with E-state index < -0.39 is 12.3 Å². The zero-order valence-electron chi connectivity index (χ0n) is 11.6. The number of unbranched alkanes of at least 4 members (excludes halogenated alkanes) is 1. The van der Waals surface area contributed by atoms with Crippen molar-refractivity contribution in [3.8, 4) is 0 Å². The van der Waals surface area contributed by atoms with Gasteiger partial charge in [0.15, 0.2) is 5.11 Å². The Morgan fingerprint density at radius 1 is 1.39 bits per heavy atom. The first-order valence-electron chi connectivity index (χ1n) is 6.34. The molecule has 0 aromatic heterocycles. The summed E-state index contributed by atoms with van der Waals surface area (Å²) in [4.78, 5) is 13.1. The topological polar surface area (TPSA) is 64.8 Å². The van der Waals surface area contributed by atoms with Crippen molar-refractivity contribution >= 4 is 23.4 Å². The maximum absolute atomic E-state index is 11.9. The second kappa shape index (κ2) is 9.10. The summed E-state index contributed by atoms with van der Waals surface area (Å²) in [5.74, 6) is 0. The standard InChI is InChI=1S/C12H24N2O3S/c1-5-7-8-16-12(15)14(11(13)18)10(6-2)17-9(3)4/h9-10H,5-8H2,1-4H3,(H2,13,18). The van der Waals surface area contributed by atoms with Crippen LogP contribution in [0.15, 0.2) is 0 Å². The van der Waals surface area contributed by atoms with Gasteiger partial charge in [-0.05, 0) is 38.9 Å². The number of amides is 1. The van der Waals surface area contributed by atoms with E-state index in [1.165, 1.54) is 4.90 Å². The SMILES string of the molecule is CCCCOC(=O)N(C(N)=S)C(CC)OC(C)C. The van der Waals surface area contributed by atoms with Crippen LogP contribution in [-0.4, -0.2) is 35.0 Å². The fourth-order valence-corrected chi connectivity index (χ4v) is 1.57. The second-order valence-electron chi connectivity index (χ2n) is 4.22. The lowest BCUT2D eigenvalue weighted by atomic mass is 10.3. The lowest BCUT2D eigenvalue weighted by Gasteiger charge is -2.30. The minimum absolute atomic E-state index is 0.0183. The predicted octanol–water partition coefficient (Wildman–Crippen LogP) is 2.63. The lowest BCUT2D eigenvalue weighted by Crippen LogP contribution is -2.49. The van der Waals surface area contributed by atoms with Crippen LogP contribution in [0.25, 0.3) is 0 Å². The van der Waals surface area contributed by atoms with Crippen LogP contribution in [0, 0.1) is 0 Å². The molecule has 5 nitrogen and oxygen atoms in total. The van der Waals surface area contributed by atoms with Crippen LogP contribution >= 0.6 is 12.2 Å². The number of hydrogen-bond donors (Lipinski definition) is 1. The molecule has 0 fully saturated rings. The van der Waals surface area contributed by atoms with E-state index in [2.05, 4.69) is 0 Å². The van der Waals surface area contributed by atoms with Gasteiger partial charge in [-0.3, -0.25) is 0 Å². The third-order valence-corrected chi connectivity index (χ3v) is 2.42. The number of nitrogens with zero attached hydrogens (tertiary/aromatic N) is 1. The van der Waals surface area contributed by atoms with Crippen LogP contribution in [0.4, 0.5) is 4.79 Å². The highest BCUT2D eigenvalue weighted by Gasteiger charge is 2.27. The van der Waals surface area contributed by atoms with Gasteiger partial charge in [-0.15, -0.1) is 0 Å². The largest absolute Gasteiger partial charge is 0.449 e.